The van der Waals surface area contributed by atoms with Gasteiger partial charge >= 0.3 is 5.97 Å². The summed E-state index contributed by atoms with van der Waals surface area (Å²) in [5.74, 6) is 0.289. The predicted molar refractivity (Wildman–Crippen MR) is 83.4 cm³/mol. The number of carboxylic acids is 1. The minimum Gasteiger partial charge on any atom is -0.480 e. The highest BCUT2D eigenvalue weighted by Crippen LogP contribution is 2.39. The van der Waals surface area contributed by atoms with E-state index in [-0.39, 0.29) is 0 Å². The van der Waals surface area contributed by atoms with Crippen LogP contribution >= 0.6 is 0 Å². The Balaban J connectivity index is 2.59. The first-order valence-corrected chi connectivity index (χ1v) is 7.72. The van der Waals surface area contributed by atoms with E-state index in [2.05, 4.69) is 56.7 Å². The van der Waals surface area contributed by atoms with Crippen molar-refractivity contribution in [2.45, 2.75) is 66.1 Å². The first-order chi connectivity index (χ1) is 9.77. The van der Waals surface area contributed by atoms with Crippen LogP contribution in [0.1, 0.15) is 48.0 Å². The molecule has 0 amide bonds. The van der Waals surface area contributed by atoms with Crippen LogP contribution in [0.2, 0.25) is 0 Å². The Morgan fingerprint density at radius 2 is 1.62 bits per heavy atom. The van der Waals surface area contributed by atoms with E-state index in [0.717, 1.165) is 24.4 Å². The maximum atomic E-state index is 11.5. The Bertz CT molecular complexity index is 480. The van der Waals surface area contributed by atoms with Gasteiger partial charge in [-0.3, -0.25) is 4.79 Å². The van der Waals surface area contributed by atoms with Crippen LogP contribution < -0.4 is 5.32 Å². The van der Waals surface area contributed by atoms with Crippen molar-refractivity contribution in [2.75, 3.05) is 6.54 Å². The molecule has 5 nitrogen and oxygen atoms in total. The maximum absolute atomic E-state index is 11.5. The average Bonchev–Trinajstić information content (AvgIpc) is 2.93. The molecule has 0 bridgehead atoms. The molecule has 2 aliphatic rings. The minimum atomic E-state index is -0.787. The Morgan fingerprint density at radius 1 is 1.14 bits per heavy atom. The van der Waals surface area contributed by atoms with Gasteiger partial charge in [-0.05, 0) is 48.0 Å². The number of nitrogens with zero attached hydrogens (tertiary/aromatic N) is 2. The van der Waals surface area contributed by atoms with Crippen LogP contribution in [0.4, 0.5) is 0 Å². The zero-order valence-corrected chi connectivity index (χ0v) is 13.9. The molecule has 2 heterocycles. The van der Waals surface area contributed by atoms with Crippen LogP contribution in [-0.4, -0.2) is 45.5 Å². The number of hydrogen-bond donors (Lipinski definition) is 2. The van der Waals surface area contributed by atoms with Crippen LogP contribution in [-0.2, 0) is 4.79 Å². The third-order valence-electron chi connectivity index (χ3n) is 4.36. The van der Waals surface area contributed by atoms with Crippen molar-refractivity contribution in [3.63, 3.8) is 0 Å². The molecular formula is C16H27N3O2. The second-order valence-electron chi connectivity index (χ2n) is 6.42. The normalized spacial score (nSPS) is 23.3. The Labute approximate surface area is 127 Å². The molecule has 0 aliphatic carbocycles. The van der Waals surface area contributed by atoms with Crippen molar-refractivity contribution in [3.8, 4) is 0 Å². The van der Waals surface area contributed by atoms with E-state index in [1.165, 1.54) is 11.4 Å². The molecule has 5 heteroatoms. The summed E-state index contributed by atoms with van der Waals surface area (Å²) < 4.78 is 0. The smallest absolute Gasteiger partial charge is 0.325 e. The van der Waals surface area contributed by atoms with Crippen molar-refractivity contribution in [3.05, 3.63) is 22.8 Å². The Morgan fingerprint density at radius 3 is 2.00 bits per heavy atom. The van der Waals surface area contributed by atoms with Gasteiger partial charge in [0.25, 0.3) is 0 Å². The molecule has 0 aromatic carbocycles. The molecule has 0 aromatic rings. The monoisotopic (exact) mass is 293 g/mol. The molecule has 2 aliphatic heterocycles. The summed E-state index contributed by atoms with van der Waals surface area (Å²) in [4.78, 5) is 16.1. The van der Waals surface area contributed by atoms with Crippen molar-refractivity contribution in [1.82, 2.24) is 15.1 Å². The second kappa shape index (κ2) is 5.72. The number of hydrogen-bond acceptors (Lipinski definition) is 4. The van der Waals surface area contributed by atoms with E-state index in [4.69, 9.17) is 0 Å². The molecule has 0 saturated carbocycles. The van der Waals surface area contributed by atoms with Gasteiger partial charge in [0.05, 0.1) is 0 Å². The lowest BCUT2D eigenvalue weighted by atomic mass is 10.1. The summed E-state index contributed by atoms with van der Waals surface area (Å²) in [6.45, 7) is 13.6. The number of carbonyl (C=O) groups is 1. The van der Waals surface area contributed by atoms with Gasteiger partial charge in [0.2, 0.25) is 0 Å². The largest absolute Gasteiger partial charge is 0.480 e. The molecule has 1 saturated heterocycles. The lowest BCUT2D eigenvalue weighted by Crippen LogP contribution is -2.39. The Kier molecular flexibility index (Phi) is 4.33. The van der Waals surface area contributed by atoms with Crippen molar-refractivity contribution < 1.29 is 9.90 Å². The summed E-state index contributed by atoms with van der Waals surface area (Å²) in [5, 5.41) is 12.6. The molecule has 0 aromatic heterocycles. The molecule has 2 N–H and O–H groups in total. The maximum Gasteiger partial charge on any atom is 0.325 e. The fourth-order valence-electron chi connectivity index (χ4n) is 3.45. The molecule has 21 heavy (non-hydrogen) atoms. The van der Waals surface area contributed by atoms with E-state index in [1.54, 1.807) is 0 Å². The SMILES string of the molecule is CC1=C(C)N(C(C)C)C(=C2CCN[C@@H]2C(=O)O)N1C(C)C. The van der Waals surface area contributed by atoms with E-state index in [0.29, 0.717) is 12.1 Å². The fourth-order valence-corrected chi connectivity index (χ4v) is 3.45. The molecule has 0 spiro atoms. The van der Waals surface area contributed by atoms with Gasteiger partial charge in [0.1, 0.15) is 11.9 Å². The van der Waals surface area contributed by atoms with Gasteiger partial charge in [-0.15, -0.1) is 0 Å². The molecule has 0 unspecified atom stereocenters. The third kappa shape index (κ3) is 2.55. The summed E-state index contributed by atoms with van der Waals surface area (Å²) in [7, 11) is 0. The van der Waals surface area contributed by atoms with E-state index in [9.17, 15) is 9.90 Å². The van der Waals surface area contributed by atoms with Crippen molar-refractivity contribution in [2.24, 2.45) is 0 Å². The topological polar surface area (TPSA) is 55.8 Å². The number of aliphatic carboxylic acids is 1. The number of rotatable bonds is 3. The van der Waals surface area contributed by atoms with Crippen LogP contribution in [0.15, 0.2) is 22.8 Å². The van der Waals surface area contributed by atoms with E-state index >= 15 is 0 Å². The zero-order valence-electron chi connectivity index (χ0n) is 13.9. The zero-order chi connectivity index (χ0) is 15.9. The summed E-state index contributed by atoms with van der Waals surface area (Å²) in [5.41, 5.74) is 3.44. The number of carboxylic acid groups (broad SMARTS) is 1. The molecule has 1 fully saturated rings. The Hall–Kier alpha value is -1.49. The number of allylic oxidation sites excluding steroid dienone is 2. The fraction of sp³-hybridized carbons (Fsp3) is 0.688. The molecule has 2 rings (SSSR count). The van der Waals surface area contributed by atoms with Gasteiger partial charge < -0.3 is 20.2 Å². The highest BCUT2D eigenvalue weighted by Gasteiger charge is 2.39. The van der Waals surface area contributed by atoms with Crippen LogP contribution in [0.3, 0.4) is 0 Å². The van der Waals surface area contributed by atoms with Gasteiger partial charge in [0.15, 0.2) is 0 Å². The standard InChI is InChI=1S/C16H27N3O2/c1-9(2)18-11(5)12(6)19(10(3)4)15(18)13-7-8-17-14(13)16(20)21/h9-10,14,17H,7-8H2,1-6H3,(H,20,21)/t14-/m0/s1. The average molecular weight is 293 g/mol. The van der Waals surface area contributed by atoms with Crippen LogP contribution in [0.5, 0.6) is 0 Å². The lowest BCUT2D eigenvalue weighted by Gasteiger charge is -2.34. The summed E-state index contributed by atoms with van der Waals surface area (Å²) in [6, 6.07) is 0.0451. The number of nitrogens with one attached hydrogen (secondary N) is 1. The highest BCUT2D eigenvalue weighted by molar-refractivity contribution is 5.78. The summed E-state index contributed by atoms with van der Waals surface area (Å²) >= 11 is 0. The first kappa shape index (κ1) is 15.9. The van der Waals surface area contributed by atoms with Crippen molar-refractivity contribution in [1.29, 1.82) is 0 Å². The molecular weight excluding hydrogens is 266 g/mol. The van der Waals surface area contributed by atoms with Gasteiger partial charge in [-0.25, -0.2) is 0 Å². The van der Waals surface area contributed by atoms with Gasteiger partial charge in [0, 0.05) is 35.6 Å². The first-order valence-electron chi connectivity index (χ1n) is 7.72. The van der Waals surface area contributed by atoms with Crippen LogP contribution in [0, 0.1) is 0 Å². The predicted octanol–water partition coefficient (Wildman–Crippen LogP) is 2.33. The molecule has 1 atom stereocenters. The second-order valence-corrected chi connectivity index (χ2v) is 6.42. The van der Waals surface area contributed by atoms with Gasteiger partial charge in [-0.2, -0.15) is 0 Å². The molecule has 118 valence electrons. The van der Waals surface area contributed by atoms with Crippen LogP contribution in [0.25, 0.3) is 0 Å². The highest BCUT2D eigenvalue weighted by atomic mass is 16.4. The van der Waals surface area contributed by atoms with E-state index < -0.39 is 12.0 Å². The van der Waals surface area contributed by atoms with E-state index in [1.807, 2.05) is 0 Å². The summed E-state index contributed by atoms with van der Waals surface area (Å²) in [6.07, 6.45) is 0.791. The molecule has 0 radical (unpaired) electrons. The van der Waals surface area contributed by atoms with Crippen molar-refractivity contribution >= 4 is 5.97 Å². The third-order valence-corrected chi connectivity index (χ3v) is 4.36. The minimum absolute atomic E-state index is 0.307. The quantitative estimate of drug-likeness (QED) is 0.836. The lowest BCUT2D eigenvalue weighted by molar-refractivity contribution is -0.138. The van der Waals surface area contributed by atoms with Gasteiger partial charge in [-0.1, -0.05) is 0 Å².